The largest absolute Gasteiger partial charge is 0.426 e. The summed E-state index contributed by atoms with van der Waals surface area (Å²) in [7, 11) is -0.00142. The van der Waals surface area contributed by atoms with E-state index in [0.717, 1.165) is 0 Å². The molecule has 4 rings (SSSR count). The zero-order valence-electron chi connectivity index (χ0n) is 23.4. The Kier molecular flexibility index (Phi) is 11.9. The van der Waals surface area contributed by atoms with Crippen molar-refractivity contribution in [1.82, 2.24) is 19.1 Å². The number of aliphatic hydroxyl groups excluding tert-OH is 1. The zero-order valence-corrected chi connectivity index (χ0v) is 24.3. The predicted octanol–water partition coefficient (Wildman–Crippen LogP) is -0.814. The van der Waals surface area contributed by atoms with Gasteiger partial charge in [0.2, 0.25) is 6.29 Å². The first-order valence-electron chi connectivity index (χ1n) is 13.0. The monoisotopic (exact) mass is 618 g/mol. The SMILES string of the molecule is CCc1cn([C@H]2C[C@H](OC)[C@@H](CO)O2)c(=O)[nH]c1=O.CCc1cn([C@H]2C[C@H](OC)[C@@H](OC(=O)P(O)O)O2)c(=O)[nH]c1=O. The fraction of sp³-hybridized carbons (Fsp3) is 0.625. The molecule has 18 heteroatoms. The maximum atomic E-state index is 11.9. The molecule has 234 valence electrons. The minimum absolute atomic E-state index is 0.173. The molecule has 0 bridgehead atoms. The molecule has 2 fully saturated rings. The molecule has 2 aliphatic heterocycles. The molecule has 0 saturated carbocycles. The Morgan fingerprint density at radius 1 is 0.905 bits per heavy atom. The van der Waals surface area contributed by atoms with Gasteiger partial charge in [0.15, 0.2) is 0 Å². The van der Waals surface area contributed by atoms with Crippen LogP contribution < -0.4 is 22.5 Å². The van der Waals surface area contributed by atoms with Crippen molar-refractivity contribution in [3.05, 3.63) is 65.2 Å². The van der Waals surface area contributed by atoms with E-state index in [-0.39, 0.29) is 24.7 Å². The van der Waals surface area contributed by atoms with Gasteiger partial charge in [0.1, 0.15) is 24.7 Å². The summed E-state index contributed by atoms with van der Waals surface area (Å²) in [6, 6.07) is 0. The number of rotatable bonds is 9. The Morgan fingerprint density at radius 2 is 1.38 bits per heavy atom. The molecule has 2 aliphatic rings. The predicted molar refractivity (Wildman–Crippen MR) is 145 cm³/mol. The molecule has 0 amide bonds. The molecule has 2 aromatic heterocycles. The average Bonchev–Trinajstić information content (AvgIpc) is 3.57. The van der Waals surface area contributed by atoms with Gasteiger partial charge in [-0.3, -0.25) is 28.7 Å². The van der Waals surface area contributed by atoms with Crippen molar-refractivity contribution in [2.45, 2.75) is 76.6 Å². The maximum absolute atomic E-state index is 11.9. The van der Waals surface area contributed by atoms with E-state index in [1.165, 1.54) is 35.7 Å². The van der Waals surface area contributed by atoms with Gasteiger partial charge < -0.3 is 38.6 Å². The molecule has 2 saturated heterocycles. The highest BCUT2D eigenvalue weighted by atomic mass is 31.2. The quantitative estimate of drug-likeness (QED) is 0.217. The van der Waals surface area contributed by atoms with Crippen molar-refractivity contribution >= 4 is 14.1 Å². The maximum Gasteiger partial charge on any atom is 0.386 e. The van der Waals surface area contributed by atoms with Crippen LogP contribution in [0.1, 0.15) is 50.3 Å². The van der Waals surface area contributed by atoms with Gasteiger partial charge >= 0.3 is 17.1 Å². The molecule has 0 aromatic carbocycles. The lowest BCUT2D eigenvalue weighted by Gasteiger charge is -2.18. The van der Waals surface area contributed by atoms with Gasteiger partial charge in [0, 0.05) is 50.6 Å². The number of hydrogen-bond donors (Lipinski definition) is 5. The van der Waals surface area contributed by atoms with E-state index in [2.05, 4.69) is 9.97 Å². The van der Waals surface area contributed by atoms with Crippen molar-refractivity contribution in [3.8, 4) is 0 Å². The molecule has 17 nitrogen and oxygen atoms in total. The molecule has 6 atom stereocenters. The third-order valence-corrected chi connectivity index (χ3v) is 7.27. The number of nitrogens with zero attached hydrogens (tertiary/aromatic N) is 2. The van der Waals surface area contributed by atoms with Gasteiger partial charge in [0.25, 0.3) is 19.5 Å². The Labute approximate surface area is 239 Å². The van der Waals surface area contributed by atoms with Crippen LogP contribution in [0.25, 0.3) is 0 Å². The van der Waals surface area contributed by atoms with Gasteiger partial charge in [-0.25, -0.2) is 14.4 Å². The number of aliphatic hydroxyl groups is 1. The van der Waals surface area contributed by atoms with Crippen LogP contribution >= 0.6 is 8.38 Å². The van der Waals surface area contributed by atoms with Crippen molar-refractivity contribution < 1.29 is 43.4 Å². The van der Waals surface area contributed by atoms with Gasteiger partial charge in [-0.1, -0.05) is 13.8 Å². The number of aromatic amines is 2. The summed E-state index contributed by atoms with van der Waals surface area (Å²) < 4.78 is 28.7. The van der Waals surface area contributed by atoms with Crippen molar-refractivity contribution in [2.75, 3.05) is 20.8 Å². The first-order valence-corrected chi connectivity index (χ1v) is 14.3. The highest BCUT2D eigenvalue weighted by Crippen LogP contribution is 2.34. The lowest BCUT2D eigenvalue weighted by atomic mass is 10.2. The Balaban J connectivity index is 0.000000235. The van der Waals surface area contributed by atoms with Crippen LogP contribution in [-0.2, 0) is 36.5 Å². The van der Waals surface area contributed by atoms with E-state index in [0.29, 0.717) is 30.4 Å². The van der Waals surface area contributed by atoms with Crippen LogP contribution in [0, 0.1) is 0 Å². The van der Waals surface area contributed by atoms with Crippen LogP contribution in [0.3, 0.4) is 0 Å². The van der Waals surface area contributed by atoms with Crippen molar-refractivity contribution in [3.63, 3.8) is 0 Å². The van der Waals surface area contributed by atoms with Crippen LogP contribution in [0.4, 0.5) is 4.79 Å². The van der Waals surface area contributed by atoms with E-state index < -0.39 is 62.0 Å². The van der Waals surface area contributed by atoms with Gasteiger partial charge in [-0.2, -0.15) is 0 Å². The summed E-state index contributed by atoms with van der Waals surface area (Å²) in [5.74, 6) is 0. The van der Waals surface area contributed by atoms with Crippen LogP contribution in [0.15, 0.2) is 31.6 Å². The molecular formula is C24H35N4O13P. The summed E-state index contributed by atoms with van der Waals surface area (Å²) in [5.41, 5.74) is -2.32. The lowest BCUT2D eigenvalue weighted by molar-refractivity contribution is -0.145. The Hall–Kier alpha value is -3.02. The number of ether oxygens (including phenoxy) is 5. The van der Waals surface area contributed by atoms with E-state index in [1.54, 1.807) is 6.92 Å². The van der Waals surface area contributed by atoms with Crippen LogP contribution in [-0.4, -0.2) is 85.1 Å². The van der Waals surface area contributed by atoms with Crippen molar-refractivity contribution in [2.24, 2.45) is 0 Å². The molecule has 2 aromatic rings. The molecule has 0 radical (unpaired) electrons. The zero-order chi connectivity index (χ0) is 31.1. The number of hydrogen-bond acceptors (Lipinski definition) is 13. The van der Waals surface area contributed by atoms with Crippen LogP contribution in [0.5, 0.6) is 0 Å². The van der Waals surface area contributed by atoms with Crippen LogP contribution in [0.2, 0.25) is 0 Å². The van der Waals surface area contributed by atoms with Crippen molar-refractivity contribution in [1.29, 1.82) is 0 Å². The molecular weight excluding hydrogens is 583 g/mol. The lowest BCUT2D eigenvalue weighted by Crippen LogP contribution is -2.34. The topological polar surface area (TPSA) is 234 Å². The third-order valence-electron chi connectivity index (χ3n) is 6.84. The average molecular weight is 619 g/mol. The summed E-state index contributed by atoms with van der Waals surface area (Å²) in [6.45, 7) is 3.43. The fourth-order valence-corrected chi connectivity index (χ4v) is 4.71. The number of nitrogens with one attached hydrogen (secondary N) is 2. The second kappa shape index (κ2) is 14.9. The van der Waals surface area contributed by atoms with Gasteiger partial charge in [0.05, 0.1) is 12.7 Å². The summed E-state index contributed by atoms with van der Waals surface area (Å²) in [5, 5.41) is 9.20. The standard InChI is InChI=1S/C12H17N2O8P.C12H18N2O5/c1-3-6-5-14(11(16)13-9(6)15)8-4-7(20-2)10(21-8)22-12(17)23(18)19;1-3-7-5-14(12(17)13-11(7)16)10-4-8(18-2)9(6-15)19-10/h5,7-8,10,18-19H,3-4H2,1-2H3,(H,13,15,16);5,8-10,15H,3-4,6H2,1-2H3,(H,13,16,17)/t7-,8+,10+;8-,9+,10+/m00/s1. The van der Waals surface area contributed by atoms with Gasteiger partial charge in [-0.15, -0.1) is 0 Å². The van der Waals surface area contributed by atoms with E-state index in [1.807, 2.05) is 6.92 Å². The second-order valence-corrected chi connectivity index (χ2v) is 10.3. The molecule has 5 N–H and O–H groups in total. The highest BCUT2D eigenvalue weighted by Gasteiger charge is 2.41. The van der Waals surface area contributed by atoms with Gasteiger partial charge in [-0.05, 0) is 12.8 Å². The number of H-pyrrole nitrogens is 2. The van der Waals surface area contributed by atoms with E-state index in [4.69, 9.17) is 33.5 Å². The molecule has 0 unspecified atom stereocenters. The minimum atomic E-state index is -2.90. The smallest absolute Gasteiger partial charge is 0.386 e. The Morgan fingerprint density at radius 3 is 1.79 bits per heavy atom. The third kappa shape index (κ3) is 7.67. The number of methoxy groups -OCH3 is 2. The molecule has 0 aliphatic carbocycles. The molecule has 4 heterocycles. The van der Waals surface area contributed by atoms with E-state index in [9.17, 15) is 29.1 Å². The summed E-state index contributed by atoms with van der Waals surface area (Å²) in [4.78, 5) is 80.2. The first-order chi connectivity index (χ1) is 20.0. The normalized spacial score (nSPS) is 25.3. The first kappa shape index (κ1) is 33.5. The fourth-order valence-electron chi connectivity index (χ4n) is 4.51. The van der Waals surface area contributed by atoms with E-state index >= 15 is 0 Å². The minimum Gasteiger partial charge on any atom is -0.426 e. The second-order valence-electron chi connectivity index (χ2n) is 9.31. The number of aromatic nitrogens is 4. The number of carbonyl (C=O) groups is 1. The summed E-state index contributed by atoms with van der Waals surface area (Å²) >= 11 is 0. The Bertz CT molecular complexity index is 1440. The molecule has 42 heavy (non-hydrogen) atoms. The highest BCUT2D eigenvalue weighted by molar-refractivity contribution is 7.63. The molecule has 0 spiro atoms. The number of aryl methyl sites for hydroxylation is 2. The summed E-state index contributed by atoms with van der Waals surface area (Å²) in [6.07, 6.45) is 0.521. The number of carbonyl (C=O) groups excluding carboxylic acids is 1.